The molecule has 0 aliphatic rings. The number of benzene rings is 4. The standard InChI is InChI=1S/C25H21FO2/c1-13-14(2)16(4)22-10-18(7-8-21(22)15(13)3)17-5-6-19-9-20(25(27)28)12-24(26)23(19)11-17/h5-12H,1-4H3,(H,27,28). The first-order chi connectivity index (χ1) is 13.3. The minimum atomic E-state index is -1.13. The Kier molecular flexibility index (Phi) is 4.19. The van der Waals surface area contributed by atoms with E-state index >= 15 is 0 Å². The molecule has 0 aliphatic heterocycles. The van der Waals surface area contributed by atoms with Gasteiger partial charge in [0.25, 0.3) is 0 Å². The van der Waals surface area contributed by atoms with Crippen LogP contribution in [0.2, 0.25) is 0 Å². The average molecular weight is 372 g/mol. The van der Waals surface area contributed by atoms with Crippen molar-refractivity contribution in [2.45, 2.75) is 27.7 Å². The highest BCUT2D eigenvalue weighted by Crippen LogP contribution is 2.34. The van der Waals surface area contributed by atoms with Crippen LogP contribution in [0.4, 0.5) is 4.39 Å². The van der Waals surface area contributed by atoms with Gasteiger partial charge in [-0.05, 0) is 101 Å². The van der Waals surface area contributed by atoms with Crippen LogP contribution >= 0.6 is 0 Å². The maximum Gasteiger partial charge on any atom is 0.335 e. The summed E-state index contributed by atoms with van der Waals surface area (Å²) in [6.07, 6.45) is 0. The molecule has 0 heterocycles. The van der Waals surface area contributed by atoms with Gasteiger partial charge in [0.1, 0.15) is 5.82 Å². The molecule has 0 saturated heterocycles. The molecule has 0 spiro atoms. The van der Waals surface area contributed by atoms with E-state index in [1.165, 1.54) is 39.1 Å². The number of carboxylic acid groups (broad SMARTS) is 1. The summed E-state index contributed by atoms with van der Waals surface area (Å²) in [5.41, 5.74) is 7.05. The molecule has 0 aliphatic carbocycles. The molecule has 0 bridgehead atoms. The van der Waals surface area contributed by atoms with Crippen LogP contribution in [0.25, 0.3) is 32.7 Å². The number of aryl methyl sites for hydroxylation is 2. The highest BCUT2D eigenvalue weighted by molar-refractivity contribution is 5.98. The van der Waals surface area contributed by atoms with E-state index in [0.717, 1.165) is 17.2 Å². The van der Waals surface area contributed by atoms with Gasteiger partial charge in [0, 0.05) is 5.39 Å². The Morgan fingerprint density at radius 2 is 1.29 bits per heavy atom. The molecule has 1 N–H and O–H groups in total. The third kappa shape index (κ3) is 2.75. The van der Waals surface area contributed by atoms with Crippen molar-refractivity contribution in [2.24, 2.45) is 0 Å². The molecule has 4 aromatic carbocycles. The molecule has 0 amide bonds. The van der Waals surface area contributed by atoms with E-state index in [-0.39, 0.29) is 5.56 Å². The summed E-state index contributed by atoms with van der Waals surface area (Å²) in [5, 5.41) is 12.6. The summed E-state index contributed by atoms with van der Waals surface area (Å²) in [4.78, 5) is 11.2. The first-order valence-electron chi connectivity index (χ1n) is 9.25. The number of aromatic carboxylic acids is 1. The lowest BCUT2D eigenvalue weighted by Crippen LogP contribution is -1.97. The molecule has 4 aromatic rings. The molecule has 0 atom stereocenters. The number of hydrogen-bond donors (Lipinski definition) is 1. The molecule has 2 nitrogen and oxygen atoms in total. The second-order valence-corrected chi connectivity index (χ2v) is 7.46. The molecule has 3 heteroatoms. The molecule has 140 valence electrons. The number of rotatable bonds is 2. The molecule has 28 heavy (non-hydrogen) atoms. The molecular weight excluding hydrogens is 351 g/mol. The summed E-state index contributed by atoms with van der Waals surface area (Å²) < 4.78 is 14.5. The van der Waals surface area contributed by atoms with E-state index in [2.05, 4.69) is 45.9 Å². The summed E-state index contributed by atoms with van der Waals surface area (Å²) in [7, 11) is 0. The van der Waals surface area contributed by atoms with E-state index in [4.69, 9.17) is 5.11 Å². The Hall–Kier alpha value is -3.20. The lowest BCUT2D eigenvalue weighted by molar-refractivity contribution is 0.0696. The molecule has 0 radical (unpaired) electrons. The topological polar surface area (TPSA) is 37.3 Å². The first kappa shape index (κ1) is 18.2. The second-order valence-electron chi connectivity index (χ2n) is 7.46. The summed E-state index contributed by atoms with van der Waals surface area (Å²) >= 11 is 0. The number of fused-ring (bicyclic) bond motifs is 2. The van der Waals surface area contributed by atoms with E-state index in [0.29, 0.717) is 10.8 Å². The third-order valence-corrected chi connectivity index (χ3v) is 6.00. The van der Waals surface area contributed by atoms with Crippen molar-refractivity contribution in [1.29, 1.82) is 0 Å². The Morgan fingerprint density at radius 3 is 1.93 bits per heavy atom. The average Bonchev–Trinajstić information content (AvgIpc) is 2.69. The van der Waals surface area contributed by atoms with Crippen LogP contribution in [0.3, 0.4) is 0 Å². The fourth-order valence-corrected chi connectivity index (χ4v) is 3.94. The minimum Gasteiger partial charge on any atom is -0.478 e. The van der Waals surface area contributed by atoms with Crippen LogP contribution in [0, 0.1) is 33.5 Å². The van der Waals surface area contributed by atoms with Gasteiger partial charge in [-0.2, -0.15) is 0 Å². The molecule has 4 rings (SSSR count). The van der Waals surface area contributed by atoms with Crippen molar-refractivity contribution in [3.05, 3.63) is 82.2 Å². The third-order valence-electron chi connectivity index (χ3n) is 6.00. The Morgan fingerprint density at radius 1 is 0.714 bits per heavy atom. The second kappa shape index (κ2) is 6.45. The van der Waals surface area contributed by atoms with Crippen LogP contribution in [-0.2, 0) is 0 Å². The number of carboxylic acids is 1. The molecule has 0 unspecified atom stereocenters. The van der Waals surface area contributed by atoms with E-state index in [9.17, 15) is 9.18 Å². The van der Waals surface area contributed by atoms with E-state index in [1.807, 2.05) is 6.07 Å². The summed E-state index contributed by atoms with van der Waals surface area (Å²) in [5.74, 6) is -1.65. The van der Waals surface area contributed by atoms with Crippen molar-refractivity contribution in [1.82, 2.24) is 0 Å². The van der Waals surface area contributed by atoms with E-state index in [1.54, 1.807) is 12.1 Å². The van der Waals surface area contributed by atoms with Crippen LogP contribution in [0.5, 0.6) is 0 Å². The van der Waals surface area contributed by atoms with Gasteiger partial charge >= 0.3 is 5.97 Å². The monoisotopic (exact) mass is 372 g/mol. The Balaban J connectivity index is 1.92. The number of halogens is 1. The summed E-state index contributed by atoms with van der Waals surface area (Å²) in [6.45, 7) is 8.59. The summed E-state index contributed by atoms with van der Waals surface area (Å²) in [6, 6.07) is 14.4. The molecule has 0 aromatic heterocycles. The predicted molar refractivity (Wildman–Crippen MR) is 113 cm³/mol. The van der Waals surface area contributed by atoms with Gasteiger partial charge in [-0.15, -0.1) is 0 Å². The zero-order valence-electron chi connectivity index (χ0n) is 16.4. The van der Waals surface area contributed by atoms with Crippen LogP contribution in [-0.4, -0.2) is 11.1 Å². The zero-order valence-corrected chi connectivity index (χ0v) is 16.4. The SMILES string of the molecule is Cc1c(C)c(C)c2cc(-c3ccc4cc(C(=O)O)cc(F)c4c3)ccc2c1C. The zero-order chi connectivity index (χ0) is 20.2. The van der Waals surface area contributed by atoms with Gasteiger partial charge in [-0.3, -0.25) is 0 Å². The Bertz CT molecular complexity index is 1290. The largest absolute Gasteiger partial charge is 0.478 e. The normalized spacial score (nSPS) is 11.3. The lowest BCUT2D eigenvalue weighted by atomic mass is 9.89. The van der Waals surface area contributed by atoms with Crippen molar-refractivity contribution in [3.63, 3.8) is 0 Å². The fraction of sp³-hybridized carbons (Fsp3) is 0.160. The smallest absolute Gasteiger partial charge is 0.335 e. The van der Waals surface area contributed by atoms with Gasteiger partial charge in [0.15, 0.2) is 0 Å². The first-order valence-corrected chi connectivity index (χ1v) is 9.25. The Labute approximate surface area is 163 Å². The number of carbonyl (C=O) groups is 1. The maximum atomic E-state index is 14.5. The van der Waals surface area contributed by atoms with Crippen LogP contribution < -0.4 is 0 Å². The van der Waals surface area contributed by atoms with Crippen molar-refractivity contribution < 1.29 is 14.3 Å². The molecular formula is C25H21FO2. The van der Waals surface area contributed by atoms with Gasteiger partial charge in [-0.1, -0.05) is 24.3 Å². The van der Waals surface area contributed by atoms with Crippen molar-refractivity contribution in [2.75, 3.05) is 0 Å². The lowest BCUT2D eigenvalue weighted by Gasteiger charge is -2.15. The quantitative estimate of drug-likeness (QED) is 0.423. The molecule has 0 saturated carbocycles. The van der Waals surface area contributed by atoms with Crippen LogP contribution in [0.1, 0.15) is 32.6 Å². The van der Waals surface area contributed by atoms with Crippen LogP contribution in [0.15, 0.2) is 48.5 Å². The van der Waals surface area contributed by atoms with Gasteiger partial charge in [0.05, 0.1) is 5.56 Å². The minimum absolute atomic E-state index is 0.0413. The van der Waals surface area contributed by atoms with E-state index < -0.39 is 11.8 Å². The predicted octanol–water partition coefficient (Wildman–Crippen LogP) is 6.73. The van der Waals surface area contributed by atoms with Crippen molar-refractivity contribution in [3.8, 4) is 11.1 Å². The van der Waals surface area contributed by atoms with Gasteiger partial charge in [-0.25, -0.2) is 9.18 Å². The maximum absolute atomic E-state index is 14.5. The highest BCUT2D eigenvalue weighted by atomic mass is 19.1. The van der Waals surface area contributed by atoms with Gasteiger partial charge in [0.2, 0.25) is 0 Å². The number of hydrogen-bond acceptors (Lipinski definition) is 1. The van der Waals surface area contributed by atoms with Gasteiger partial charge < -0.3 is 5.11 Å². The van der Waals surface area contributed by atoms with Crippen molar-refractivity contribution >= 4 is 27.5 Å². The molecule has 0 fully saturated rings. The fourth-order valence-electron chi connectivity index (χ4n) is 3.94. The highest BCUT2D eigenvalue weighted by Gasteiger charge is 2.12.